The second-order valence-electron chi connectivity index (χ2n) is 7.59. The zero-order valence-electron chi connectivity index (χ0n) is 17.4. The van der Waals surface area contributed by atoms with E-state index in [1.54, 1.807) is 23.1 Å². The maximum atomic E-state index is 12.7. The molecule has 0 spiro atoms. The van der Waals surface area contributed by atoms with Crippen molar-refractivity contribution in [2.24, 2.45) is 5.92 Å². The van der Waals surface area contributed by atoms with E-state index >= 15 is 0 Å². The number of carbonyl (C=O) groups is 2. The molecule has 7 nitrogen and oxygen atoms in total. The largest absolute Gasteiger partial charge is 0.497 e. The number of hydrogen-bond acceptors (Lipinski definition) is 6. The fourth-order valence-corrected chi connectivity index (χ4v) is 3.90. The number of nitrogens with zero attached hydrogens (tertiary/aromatic N) is 1. The van der Waals surface area contributed by atoms with E-state index in [4.69, 9.17) is 13.9 Å². The summed E-state index contributed by atoms with van der Waals surface area (Å²) in [4.78, 5) is 38.8. The number of methoxy groups -OCH3 is 1. The average molecular weight is 421 g/mol. The van der Waals surface area contributed by atoms with Gasteiger partial charge in [-0.15, -0.1) is 0 Å². The summed E-state index contributed by atoms with van der Waals surface area (Å²) < 4.78 is 15.9. The van der Waals surface area contributed by atoms with Crippen LogP contribution < -0.4 is 10.4 Å². The Labute approximate surface area is 179 Å². The third-order valence-corrected chi connectivity index (χ3v) is 5.65. The molecule has 0 unspecified atom stereocenters. The highest BCUT2D eigenvalue weighted by Gasteiger charge is 2.38. The van der Waals surface area contributed by atoms with Crippen molar-refractivity contribution >= 4 is 22.8 Å². The van der Waals surface area contributed by atoms with E-state index in [-0.39, 0.29) is 25.0 Å². The molecular weight excluding hydrogens is 398 g/mol. The van der Waals surface area contributed by atoms with Gasteiger partial charge >= 0.3 is 11.6 Å². The number of esters is 1. The number of benzene rings is 2. The predicted octanol–water partition coefficient (Wildman–Crippen LogP) is 3.45. The molecule has 4 rings (SSSR count). The Kier molecular flexibility index (Phi) is 5.75. The van der Waals surface area contributed by atoms with Crippen molar-refractivity contribution in [3.63, 3.8) is 0 Å². The lowest BCUT2D eigenvalue weighted by Crippen LogP contribution is -2.29. The van der Waals surface area contributed by atoms with Gasteiger partial charge < -0.3 is 18.8 Å². The van der Waals surface area contributed by atoms with Crippen molar-refractivity contribution < 1.29 is 23.5 Å². The number of carbonyl (C=O) groups excluding carboxylic acids is 2. The number of amides is 1. The number of hydrogen-bond donors (Lipinski definition) is 0. The fraction of sp³-hybridized carbons (Fsp3) is 0.292. The second kappa shape index (κ2) is 8.63. The molecule has 0 radical (unpaired) electrons. The van der Waals surface area contributed by atoms with Crippen molar-refractivity contribution in [3.8, 4) is 5.75 Å². The van der Waals surface area contributed by atoms with Crippen LogP contribution in [-0.4, -0.2) is 30.4 Å². The van der Waals surface area contributed by atoms with E-state index < -0.39 is 17.5 Å². The lowest BCUT2D eigenvalue weighted by molar-refractivity contribution is -0.149. The Hall–Kier alpha value is -3.61. The average Bonchev–Trinajstić information content (AvgIpc) is 3.18. The lowest BCUT2D eigenvalue weighted by atomic mass is 10.1. The van der Waals surface area contributed by atoms with E-state index in [1.807, 2.05) is 37.3 Å². The minimum absolute atomic E-state index is 0.0730. The molecule has 2 heterocycles. The number of fused-ring (bicyclic) bond motifs is 1. The van der Waals surface area contributed by atoms with Gasteiger partial charge in [0.25, 0.3) is 0 Å². The van der Waals surface area contributed by atoms with E-state index in [1.165, 1.54) is 13.2 Å². The SMILES string of the molecule is COc1ccc2c(COC(=O)[C@H]3CC(=O)N([C@H](C)c4ccccc4)C3)cc(=O)oc2c1. The molecule has 0 bridgehead atoms. The summed E-state index contributed by atoms with van der Waals surface area (Å²) in [6, 6.07) is 16.0. The number of likely N-dealkylation sites (tertiary alicyclic amines) is 1. The molecular formula is C24H23NO6. The first-order valence-electron chi connectivity index (χ1n) is 10.1. The standard InChI is InChI=1S/C24H23NO6/c1-15(16-6-4-3-5-7-16)25-13-17(10-22(25)26)24(28)30-14-18-11-23(27)31-21-12-19(29-2)8-9-20(18)21/h3-9,11-12,15,17H,10,13-14H2,1-2H3/t15-,17+/m1/s1. The van der Waals surface area contributed by atoms with E-state index in [0.29, 0.717) is 28.8 Å². The van der Waals surface area contributed by atoms with Crippen LogP contribution in [-0.2, 0) is 20.9 Å². The van der Waals surface area contributed by atoms with E-state index in [9.17, 15) is 14.4 Å². The summed E-state index contributed by atoms with van der Waals surface area (Å²) in [5.74, 6) is -0.505. The first-order valence-corrected chi connectivity index (χ1v) is 10.1. The third-order valence-electron chi connectivity index (χ3n) is 5.65. The quantitative estimate of drug-likeness (QED) is 0.448. The van der Waals surface area contributed by atoms with E-state index in [0.717, 1.165) is 5.56 Å². The van der Waals surface area contributed by atoms with Gasteiger partial charge in [-0.1, -0.05) is 30.3 Å². The summed E-state index contributed by atoms with van der Waals surface area (Å²) in [6.07, 6.45) is 0.116. The van der Waals surface area contributed by atoms with Gasteiger partial charge in [0.2, 0.25) is 5.91 Å². The molecule has 2 atom stereocenters. The molecule has 2 aromatic carbocycles. The van der Waals surface area contributed by atoms with Crippen LogP contribution in [0, 0.1) is 5.92 Å². The van der Waals surface area contributed by atoms with Crippen LogP contribution in [0.3, 0.4) is 0 Å². The topological polar surface area (TPSA) is 86.0 Å². The van der Waals surface area contributed by atoms with Crippen molar-refractivity contribution in [3.05, 3.63) is 76.1 Å². The molecule has 160 valence electrons. The normalized spacial score (nSPS) is 17.0. The summed E-state index contributed by atoms with van der Waals surface area (Å²) >= 11 is 0. The number of rotatable bonds is 6. The van der Waals surface area contributed by atoms with Gasteiger partial charge in [-0.25, -0.2) is 4.79 Å². The molecule has 0 N–H and O–H groups in total. The van der Waals surface area contributed by atoms with Crippen LogP contribution in [0.5, 0.6) is 5.75 Å². The van der Waals surface area contributed by atoms with Crippen molar-refractivity contribution in [1.29, 1.82) is 0 Å². The second-order valence-corrected chi connectivity index (χ2v) is 7.59. The van der Waals surface area contributed by atoms with Crippen molar-refractivity contribution in [2.75, 3.05) is 13.7 Å². The molecule has 1 fully saturated rings. The van der Waals surface area contributed by atoms with Crippen LogP contribution in [0.2, 0.25) is 0 Å². The molecule has 1 saturated heterocycles. The molecule has 1 amide bonds. The maximum Gasteiger partial charge on any atom is 0.336 e. The molecule has 31 heavy (non-hydrogen) atoms. The van der Waals surface area contributed by atoms with Gasteiger partial charge in [0.15, 0.2) is 0 Å². The number of ether oxygens (including phenoxy) is 2. The Morgan fingerprint density at radius 3 is 2.68 bits per heavy atom. The van der Waals surface area contributed by atoms with Gasteiger partial charge in [0, 0.05) is 36.0 Å². The van der Waals surface area contributed by atoms with Crippen molar-refractivity contribution in [1.82, 2.24) is 4.90 Å². The Bertz CT molecular complexity index is 1170. The highest BCUT2D eigenvalue weighted by atomic mass is 16.5. The minimum Gasteiger partial charge on any atom is -0.497 e. The Balaban J connectivity index is 1.45. The Morgan fingerprint density at radius 2 is 1.94 bits per heavy atom. The summed E-state index contributed by atoms with van der Waals surface area (Å²) in [5, 5.41) is 0.662. The minimum atomic E-state index is -0.537. The van der Waals surface area contributed by atoms with Crippen LogP contribution in [0.1, 0.15) is 30.5 Å². The van der Waals surface area contributed by atoms with Crippen LogP contribution in [0.25, 0.3) is 11.0 Å². The van der Waals surface area contributed by atoms with Gasteiger partial charge in [0.1, 0.15) is 17.9 Å². The fourth-order valence-electron chi connectivity index (χ4n) is 3.90. The monoisotopic (exact) mass is 421 g/mol. The lowest BCUT2D eigenvalue weighted by Gasteiger charge is -2.25. The highest BCUT2D eigenvalue weighted by Crippen LogP contribution is 2.29. The molecule has 0 aliphatic carbocycles. The van der Waals surface area contributed by atoms with Gasteiger partial charge in [-0.2, -0.15) is 0 Å². The summed E-state index contributed by atoms with van der Waals surface area (Å²) in [5.41, 5.74) is 1.38. The molecule has 3 aromatic rings. The maximum absolute atomic E-state index is 12.7. The Morgan fingerprint density at radius 1 is 1.16 bits per heavy atom. The third kappa shape index (κ3) is 4.30. The first kappa shape index (κ1) is 20.7. The first-order chi connectivity index (χ1) is 15.0. The van der Waals surface area contributed by atoms with Crippen molar-refractivity contribution in [2.45, 2.75) is 26.0 Å². The predicted molar refractivity (Wildman–Crippen MR) is 114 cm³/mol. The smallest absolute Gasteiger partial charge is 0.336 e. The highest BCUT2D eigenvalue weighted by molar-refractivity contribution is 5.87. The molecule has 1 aliphatic heterocycles. The van der Waals surface area contributed by atoms with Crippen LogP contribution >= 0.6 is 0 Å². The van der Waals surface area contributed by atoms with Gasteiger partial charge in [-0.05, 0) is 24.6 Å². The van der Waals surface area contributed by atoms with Gasteiger partial charge in [0.05, 0.1) is 19.1 Å². The molecule has 7 heteroatoms. The zero-order valence-corrected chi connectivity index (χ0v) is 17.4. The van der Waals surface area contributed by atoms with Gasteiger partial charge in [-0.3, -0.25) is 9.59 Å². The van der Waals surface area contributed by atoms with Crippen LogP contribution in [0.4, 0.5) is 0 Å². The summed E-state index contributed by atoms with van der Waals surface area (Å²) in [6.45, 7) is 2.18. The van der Waals surface area contributed by atoms with E-state index in [2.05, 4.69) is 0 Å². The molecule has 1 aromatic heterocycles. The summed E-state index contributed by atoms with van der Waals surface area (Å²) in [7, 11) is 1.52. The zero-order chi connectivity index (χ0) is 22.0. The molecule has 0 saturated carbocycles. The van der Waals surface area contributed by atoms with Crippen LogP contribution in [0.15, 0.2) is 63.8 Å². The molecule has 1 aliphatic rings.